The Bertz CT molecular complexity index is 1780. The van der Waals surface area contributed by atoms with Crippen LogP contribution in [0.3, 0.4) is 0 Å². The zero-order valence-electron chi connectivity index (χ0n) is 22.1. The van der Waals surface area contributed by atoms with Gasteiger partial charge in [-0.05, 0) is 85.0 Å². The highest BCUT2D eigenvalue weighted by atomic mass is 19.1. The summed E-state index contributed by atoms with van der Waals surface area (Å²) in [4.78, 5) is 35.4. The van der Waals surface area contributed by atoms with Gasteiger partial charge in [-0.3, -0.25) is 14.2 Å². The van der Waals surface area contributed by atoms with Gasteiger partial charge < -0.3 is 10.6 Å². The molecule has 1 aliphatic carbocycles. The lowest BCUT2D eigenvalue weighted by molar-refractivity contribution is -0.124. The van der Waals surface area contributed by atoms with Crippen LogP contribution in [0.1, 0.15) is 41.0 Å². The molecule has 2 heterocycles. The standard InChI is InChI=1S/C31H28FN5O2/c1-5-27(38)36(4)11-6-7-23-29(34-17-35-30(23)33)24-13-18(2)14-26(19(24)3)37-12-10-21-15-22(20-8-9-20)16-25(32)28(21)31(37)39/h5,10,12-17,20H,1,8-9,11H2,2-4H3,(H2,33,34,35). The lowest BCUT2D eigenvalue weighted by Crippen LogP contribution is -2.24. The average Bonchev–Trinajstić information content (AvgIpc) is 3.76. The molecule has 39 heavy (non-hydrogen) atoms. The number of aryl methyl sites for hydroxylation is 1. The molecule has 8 heteroatoms. The van der Waals surface area contributed by atoms with E-state index in [9.17, 15) is 9.59 Å². The number of halogens is 1. The summed E-state index contributed by atoms with van der Waals surface area (Å²) in [7, 11) is 1.62. The number of aromatic nitrogens is 3. The molecule has 4 aromatic rings. The van der Waals surface area contributed by atoms with Gasteiger partial charge >= 0.3 is 0 Å². The molecule has 2 aromatic carbocycles. The van der Waals surface area contributed by atoms with Crippen molar-refractivity contribution in [2.45, 2.75) is 32.6 Å². The Morgan fingerprint density at radius 1 is 1.26 bits per heavy atom. The quantitative estimate of drug-likeness (QED) is 0.305. The number of carbonyl (C=O) groups excluding carboxylic acids is 1. The summed E-state index contributed by atoms with van der Waals surface area (Å²) in [5.41, 5.74) is 10.6. The molecule has 0 atom stereocenters. The summed E-state index contributed by atoms with van der Waals surface area (Å²) in [6, 6.07) is 9.02. The van der Waals surface area contributed by atoms with Gasteiger partial charge in [0.1, 0.15) is 18.0 Å². The number of likely N-dealkylation sites (N-methyl/N-ethyl adjacent to an activating group) is 1. The van der Waals surface area contributed by atoms with Crippen LogP contribution < -0.4 is 11.3 Å². The van der Waals surface area contributed by atoms with Crippen LogP contribution in [-0.4, -0.2) is 38.9 Å². The molecule has 2 N–H and O–H groups in total. The number of hydrogen-bond acceptors (Lipinski definition) is 5. The minimum Gasteiger partial charge on any atom is -0.383 e. The lowest BCUT2D eigenvalue weighted by atomic mass is 9.97. The maximum atomic E-state index is 15.2. The number of anilines is 1. The maximum Gasteiger partial charge on any atom is 0.265 e. The Morgan fingerprint density at radius 3 is 2.74 bits per heavy atom. The van der Waals surface area contributed by atoms with Crippen LogP contribution in [0.2, 0.25) is 0 Å². The third-order valence-corrected chi connectivity index (χ3v) is 7.02. The zero-order chi connectivity index (χ0) is 27.8. The Labute approximate surface area is 225 Å². The van der Waals surface area contributed by atoms with E-state index >= 15 is 4.39 Å². The Hall–Kier alpha value is -4.77. The van der Waals surface area contributed by atoms with Gasteiger partial charge in [-0.15, -0.1) is 0 Å². The van der Waals surface area contributed by atoms with Gasteiger partial charge in [0, 0.05) is 18.8 Å². The van der Waals surface area contributed by atoms with Crippen LogP contribution in [0.25, 0.3) is 27.7 Å². The van der Waals surface area contributed by atoms with E-state index in [1.807, 2.05) is 32.0 Å². The largest absolute Gasteiger partial charge is 0.383 e. The van der Waals surface area contributed by atoms with Crippen molar-refractivity contribution < 1.29 is 9.18 Å². The highest BCUT2D eigenvalue weighted by Crippen LogP contribution is 2.41. The average molecular weight is 522 g/mol. The van der Waals surface area contributed by atoms with Crippen LogP contribution in [0.15, 0.2) is 60.3 Å². The first-order chi connectivity index (χ1) is 18.7. The number of nitrogens with zero attached hydrogens (tertiary/aromatic N) is 4. The van der Waals surface area contributed by atoms with E-state index in [0.717, 1.165) is 35.1 Å². The molecule has 0 radical (unpaired) electrons. The van der Waals surface area contributed by atoms with Crippen molar-refractivity contribution in [3.05, 3.63) is 93.9 Å². The number of rotatable bonds is 5. The predicted molar refractivity (Wildman–Crippen MR) is 151 cm³/mol. The number of nitrogen functional groups attached to an aromatic ring is 1. The topological polar surface area (TPSA) is 94.1 Å². The molecule has 1 fully saturated rings. The lowest BCUT2D eigenvalue weighted by Gasteiger charge is -2.17. The van der Waals surface area contributed by atoms with Crippen LogP contribution >= 0.6 is 0 Å². The van der Waals surface area contributed by atoms with E-state index in [-0.39, 0.29) is 23.7 Å². The normalized spacial score (nSPS) is 12.6. The van der Waals surface area contributed by atoms with Crippen molar-refractivity contribution in [2.24, 2.45) is 0 Å². The van der Waals surface area contributed by atoms with E-state index in [0.29, 0.717) is 28.2 Å². The van der Waals surface area contributed by atoms with Gasteiger partial charge in [0.25, 0.3) is 5.56 Å². The minimum atomic E-state index is -0.500. The molecular weight excluding hydrogens is 493 g/mol. The monoisotopic (exact) mass is 521 g/mol. The summed E-state index contributed by atoms with van der Waals surface area (Å²) in [5.74, 6) is 5.80. The first-order valence-electron chi connectivity index (χ1n) is 12.6. The highest BCUT2D eigenvalue weighted by Gasteiger charge is 2.25. The second-order valence-corrected chi connectivity index (χ2v) is 9.87. The summed E-state index contributed by atoms with van der Waals surface area (Å²) < 4.78 is 16.6. The van der Waals surface area contributed by atoms with Crippen molar-refractivity contribution >= 4 is 22.5 Å². The fourth-order valence-corrected chi connectivity index (χ4v) is 4.73. The van der Waals surface area contributed by atoms with Crippen LogP contribution in [0.5, 0.6) is 0 Å². The van der Waals surface area contributed by atoms with Crippen LogP contribution in [-0.2, 0) is 4.79 Å². The Kier molecular flexibility index (Phi) is 6.75. The minimum absolute atomic E-state index is 0.0698. The summed E-state index contributed by atoms with van der Waals surface area (Å²) >= 11 is 0. The summed E-state index contributed by atoms with van der Waals surface area (Å²) in [6.07, 6.45) is 6.37. The van der Waals surface area contributed by atoms with Crippen molar-refractivity contribution in [1.82, 2.24) is 19.4 Å². The van der Waals surface area contributed by atoms with Gasteiger partial charge in [-0.25, -0.2) is 14.4 Å². The molecule has 5 rings (SSSR count). The number of carbonyl (C=O) groups is 1. The molecule has 0 bridgehead atoms. The third kappa shape index (κ3) is 4.91. The first kappa shape index (κ1) is 25.9. The molecular formula is C31H28FN5O2. The van der Waals surface area contributed by atoms with Gasteiger partial charge in [0.15, 0.2) is 0 Å². The van der Waals surface area contributed by atoms with Crippen molar-refractivity contribution in [2.75, 3.05) is 19.3 Å². The van der Waals surface area contributed by atoms with Gasteiger partial charge in [0.05, 0.1) is 28.9 Å². The fraction of sp³-hybridized carbons (Fsp3) is 0.226. The Morgan fingerprint density at radius 2 is 2.03 bits per heavy atom. The molecule has 2 aromatic heterocycles. The molecule has 196 valence electrons. The molecule has 0 saturated heterocycles. The molecule has 7 nitrogen and oxygen atoms in total. The SMILES string of the molecule is C=CC(=O)N(C)CC#Cc1c(N)ncnc1-c1cc(C)cc(-n2ccc3cc(C4CC4)cc(F)c3c2=O)c1C. The van der Waals surface area contributed by atoms with E-state index in [2.05, 4.69) is 28.4 Å². The first-order valence-corrected chi connectivity index (χ1v) is 12.6. The second-order valence-electron chi connectivity index (χ2n) is 9.87. The second kappa shape index (κ2) is 10.2. The number of amides is 1. The number of benzene rings is 2. The highest BCUT2D eigenvalue weighted by molar-refractivity contribution is 5.87. The van der Waals surface area contributed by atoms with Crippen molar-refractivity contribution in [1.29, 1.82) is 0 Å². The van der Waals surface area contributed by atoms with Crippen LogP contribution in [0.4, 0.5) is 10.2 Å². The Balaban J connectivity index is 1.63. The van der Waals surface area contributed by atoms with E-state index < -0.39 is 11.4 Å². The van der Waals surface area contributed by atoms with Crippen molar-refractivity contribution in [3.8, 4) is 28.8 Å². The molecule has 0 unspecified atom stereocenters. The predicted octanol–water partition coefficient (Wildman–Crippen LogP) is 4.66. The molecule has 0 spiro atoms. The third-order valence-electron chi connectivity index (χ3n) is 7.02. The van der Waals surface area contributed by atoms with Crippen LogP contribution in [0, 0.1) is 31.5 Å². The number of pyridine rings is 1. The van der Waals surface area contributed by atoms with E-state index in [1.54, 1.807) is 19.3 Å². The number of hydrogen-bond donors (Lipinski definition) is 1. The molecule has 0 aliphatic heterocycles. The van der Waals surface area contributed by atoms with Gasteiger partial charge in [0.2, 0.25) is 5.91 Å². The van der Waals surface area contributed by atoms with Gasteiger partial charge in [-0.1, -0.05) is 24.5 Å². The molecule has 1 saturated carbocycles. The molecule has 1 aliphatic rings. The maximum absolute atomic E-state index is 15.2. The smallest absolute Gasteiger partial charge is 0.265 e. The van der Waals surface area contributed by atoms with E-state index in [4.69, 9.17) is 5.73 Å². The number of fused-ring (bicyclic) bond motifs is 1. The summed E-state index contributed by atoms with van der Waals surface area (Å²) in [6.45, 7) is 7.43. The zero-order valence-corrected chi connectivity index (χ0v) is 22.1. The van der Waals surface area contributed by atoms with E-state index in [1.165, 1.54) is 27.9 Å². The van der Waals surface area contributed by atoms with Crippen molar-refractivity contribution in [3.63, 3.8) is 0 Å². The van der Waals surface area contributed by atoms with Gasteiger partial charge in [-0.2, -0.15) is 0 Å². The molecule has 1 amide bonds. The number of nitrogens with two attached hydrogens (primary N) is 1. The summed E-state index contributed by atoms with van der Waals surface area (Å²) in [5, 5.41) is 0.671. The fourth-order valence-electron chi connectivity index (χ4n) is 4.73.